The Labute approximate surface area is 103 Å². The van der Waals surface area contributed by atoms with Crippen molar-refractivity contribution in [2.75, 3.05) is 20.4 Å². The van der Waals surface area contributed by atoms with E-state index in [9.17, 15) is 13.8 Å². The predicted molar refractivity (Wildman–Crippen MR) is 62.2 cm³/mol. The van der Waals surface area contributed by atoms with Crippen LogP contribution < -0.4 is 0 Å². The third kappa shape index (κ3) is 3.61. The molecule has 1 rings (SSSR count). The molecule has 4 nitrogen and oxygen atoms in total. The molecule has 0 unspecified atom stereocenters. The van der Waals surface area contributed by atoms with Crippen molar-refractivity contribution in [2.45, 2.75) is 0 Å². The Morgan fingerprint density at radius 2 is 2.00 bits per heavy atom. The van der Waals surface area contributed by atoms with E-state index < -0.39 is 25.4 Å². The number of carbonyl (C=O) groups is 1. The van der Waals surface area contributed by atoms with Gasteiger partial charge in [0, 0.05) is 19.8 Å². The highest BCUT2D eigenvalue weighted by molar-refractivity contribution is 7.54. The Morgan fingerprint density at radius 3 is 2.47 bits per heavy atom. The van der Waals surface area contributed by atoms with Crippen LogP contribution in [0, 0.1) is 5.82 Å². The molecule has 0 saturated heterocycles. The maximum atomic E-state index is 12.8. The molecule has 0 aromatic heterocycles. The van der Waals surface area contributed by atoms with Crippen molar-refractivity contribution >= 4 is 25.0 Å². The number of hydrogen-bond donors (Lipinski definition) is 0. The van der Waals surface area contributed by atoms with Gasteiger partial charge in [0.15, 0.2) is 5.78 Å². The molecular formula is C10H11ClFO4P. The molecule has 0 amide bonds. The number of hydrogen-bond acceptors (Lipinski definition) is 4. The van der Waals surface area contributed by atoms with Gasteiger partial charge in [0.25, 0.3) is 0 Å². The summed E-state index contributed by atoms with van der Waals surface area (Å²) < 4.78 is 33.8. The zero-order valence-corrected chi connectivity index (χ0v) is 10.9. The Morgan fingerprint density at radius 1 is 1.41 bits per heavy atom. The largest absolute Gasteiger partial charge is 0.337 e. The van der Waals surface area contributed by atoms with Gasteiger partial charge in [-0.1, -0.05) is 11.6 Å². The summed E-state index contributed by atoms with van der Waals surface area (Å²) >= 11 is 5.71. The zero-order valence-electron chi connectivity index (χ0n) is 9.28. The summed E-state index contributed by atoms with van der Waals surface area (Å²) in [5.74, 6) is -1.07. The van der Waals surface area contributed by atoms with E-state index in [1.54, 1.807) is 0 Å². The molecule has 0 heterocycles. The van der Waals surface area contributed by atoms with Crippen molar-refractivity contribution in [2.24, 2.45) is 0 Å². The van der Waals surface area contributed by atoms with E-state index in [1.165, 1.54) is 20.3 Å². The molecule has 0 bridgehead atoms. The summed E-state index contributed by atoms with van der Waals surface area (Å²) in [5.41, 5.74) is 0.0855. The highest BCUT2D eigenvalue weighted by Crippen LogP contribution is 2.46. The van der Waals surface area contributed by atoms with Gasteiger partial charge in [0.2, 0.25) is 0 Å². The van der Waals surface area contributed by atoms with Crippen LogP contribution in [0.2, 0.25) is 5.02 Å². The van der Waals surface area contributed by atoms with E-state index in [0.29, 0.717) is 0 Å². The molecule has 1 aromatic carbocycles. The minimum absolute atomic E-state index is 0.0336. The molecule has 0 aliphatic carbocycles. The van der Waals surface area contributed by atoms with Gasteiger partial charge in [0.1, 0.15) is 12.0 Å². The summed E-state index contributed by atoms with van der Waals surface area (Å²) in [6.07, 6.45) is -0.439. The lowest BCUT2D eigenvalue weighted by Crippen LogP contribution is -2.09. The Balaban J connectivity index is 2.94. The summed E-state index contributed by atoms with van der Waals surface area (Å²) in [6, 6.07) is 3.35. The molecule has 0 radical (unpaired) electrons. The predicted octanol–water partition coefficient (Wildman–Crippen LogP) is 3.15. The lowest BCUT2D eigenvalue weighted by molar-refractivity contribution is 0.101. The van der Waals surface area contributed by atoms with E-state index in [1.807, 2.05) is 0 Å². The number of benzene rings is 1. The van der Waals surface area contributed by atoms with Crippen molar-refractivity contribution < 1.29 is 22.8 Å². The Bertz CT molecular complexity index is 469. The quantitative estimate of drug-likeness (QED) is 0.614. The lowest BCUT2D eigenvalue weighted by Gasteiger charge is -2.12. The van der Waals surface area contributed by atoms with Crippen molar-refractivity contribution in [3.8, 4) is 0 Å². The highest BCUT2D eigenvalue weighted by Gasteiger charge is 2.27. The molecule has 17 heavy (non-hydrogen) atoms. The molecule has 0 saturated carbocycles. The van der Waals surface area contributed by atoms with Crippen molar-refractivity contribution in [3.63, 3.8) is 0 Å². The minimum Gasteiger partial charge on any atom is -0.312 e. The number of rotatable bonds is 5. The zero-order chi connectivity index (χ0) is 13.1. The lowest BCUT2D eigenvalue weighted by atomic mass is 10.1. The van der Waals surface area contributed by atoms with Gasteiger partial charge in [-0.05, 0) is 18.2 Å². The van der Waals surface area contributed by atoms with E-state index >= 15 is 0 Å². The van der Waals surface area contributed by atoms with Crippen LogP contribution in [0.15, 0.2) is 18.2 Å². The molecule has 0 aliphatic heterocycles. The highest BCUT2D eigenvalue weighted by atomic mass is 35.5. The van der Waals surface area contributed by atoms with Crippen LogP contribution in [0.5, 0.6) is 0 Å². The van der Waals surface area contributed by atoms with Crippen LogP contribution in [0.4, 0.5) is 4.39 Å². The average Bonchev–Trinajstić information content (AvgIpc) is 2.28. The van der Waals surface area contributed by atoms with Crippen LogP contribution >= 0.6 is 19.2 Å². The van der Waals surface area contributed by atoms with Crippen LogP contribution in [0.3, 0.4) is 0 Å². The fraction of sp³-hybridized carbons (Fsp3) is 0.300. The number of Topliss-reactive ketones (excluding diaryl/α,β-unsaturated/α-hetero) is 1. The van der Waals surface area contributed by atoms with Gasteiger partial charge < -0.3 is 9.05 Å². The smallest absolute Gasteiger partial charge is 0.312 e. The second-order valence-electron chi connectivity index (χ2n) is 3.18. The Hall–Kier alpha value is -0.740. The van der Waals surface area contributed by atoms with Gasteiger partial charge >= 0.3 is 7.60 Å². The molecule has 0 fully saturated rings. The molecular weight excluding hydrogens is 270 g/mol. The van der Waals surface area contributed by atoms with E-state index in [0.717, 1.165) is 12.1 Å². The average molecular weight is 281 g/mol. The van der Waals surface area contributed by atoms with Crippen LogP contribution in [-0.2, 0) is 13.6 Å². The second kappa shape index (κ2) is 5.74. The SMILES string of the molecule is COP(=O)(CC(=O)c1ccc(F)cc1Cl)OC. The first kappa shape index (κ1) is 14.3. The van der Waals surface area contributed by atoms with Crippen LogP contribution in [0.25, 0.3) is 0 Å². The monoisotopic (exact) mass is 280 g/mol. The first-order valence-corrected chi connectivity index (χ1v) is 6.71. The van der Waals surface area contributed by atoms with Crippen molar-refractivity contribution in [1.82, 2.24) is 0 Å². The third-order valence-corrected chi connectivity index (χ3v) is 4.23. The number of halogens is 2. The summed E-state index contributed by atoms with van der Waals surface area (Å²) in [4.78, 5) is 11.8. The summed E-state index contributed by atoms with van der Waals surface area (Å²) in [7, 11) is -1.07. The maximum Gasteiger partial charge on any atom is 0.337 e. The van der Waals surface area contributed by atoms with E-state index in [4.69, 9.17) is 11.6 Å². The van der Waals surface area contributed by atoms with Gasteiger partial charge in [-0.25, -0.2) is 4.39 Å². The number of ketones is 1. The fourth-order valence-corrected chi connectivity index (χ4v) is 2.38. The Kier molecular flexibility index (Phi) is 4.83. The van der Waals surface area contributed by atoms with E-state index in [2.05, 4.69) is 9.05 Å². The molecule has 0 aliphatic rings. The van der Waals surface area contributed by atoms with Gasteiger partial charge in [0.05, 0.1) is 5.02 Å². The second-order valence-corrected chi connectivity index (χ2v) is 5.86. The molecule has 94 valence electrons. The number of carbonyl (C=O) groups excluding carboxylic acids is 1. The van der Waals surface area contributed by atoms with Gasteiger partial charge in [-0.15, -0.1) is 0 Å². The molecule has 0 N–H and O–H groups in total. The van der Waals surface area contributed by atoms with Gasteiger partial charge in [-0.3, -0.25) is 9.36 Å². The first-order chi connectivity index (χ1) is 7.91. The molecule has 7 heteroatoms. The topological polar surface area (TPSA) is 52.6 Å². The normalized spacial score (nSPS) is 11.5. The van der Waals surface area contributed by atoms with Gasteiger partial charge in [-0.2, -0.15) is 0 Å². The van der Waals surface area contributed by atoms with E-state index in [-0.39, 0.29) is 10.6 Å². The van der Waals surface area contributed by atoms with Crippen molar-refractivity contribution in [3.05, 3.63) is 34.6 Å². The summed E-state index contributed by atoms with van der Waals surface area (Å²) in [5, 5.41) is -0.0336. The minimum atomic E-state index is -3.44. The molecule has 1 aromatic rings. The van der Waals surface area contributed by atoms with Crippen LogP contribution in [-0.4, -0.2) is 26.2 Å². The standard InChI is InChI=1S/C10H11ClFO4P/c1-15-17(14,16-2)6-10(13)8-4-3-7(12)5-9(8)11/h3-5H,6H2,1-2H3. The first-order valence-electron chi connectivity index (χ1n) is 4.60. The third-order valence-electron chi connectivity index (χ3n) is 2.13. The van der Waals surface area contributed by atoms with Crippen LogP contribution in [0.1, 0.15) is 10.4 Å². The molecule has 0 atom stereocenters. The van der Waals surface area contributed by atoms with Crippen molar-refractivity contribution in [1.29, 1.82) is 0 Å². The fourth-order valence-electron chi connectivity index (χ4n) is 1.18. The maximum absolute atomic E-state index is 12.8. The molecule has 0 spiro atoms. The summed E-state index contributed by atoms with van der Waals surface area (Å²) in [6.45, 7) is 0.